The third-order valence-corrected chi connectivity index (χ3v) is 4.60. The number of carbonyl (C=O) groups is 2. The van der Waals surface area contributed by atoms with E-state index in [9.17, 15) is 14.7 Å². The number of β-amino-alcohol motifs (C(OH)–C–C–N with tert-alkyl or cyclic N) is 1. The normalized spacial score (nSPS) is 23.4. The molecule has 0 aliphatic carbocycles. The molecule has 1 aliphatic heterocycles. The molecule has 1 aliphatic rings. The summed E-state index contributed by atoms with van der Waals surface area (Å²) < 4.78 is 0. The molecule has 2 rings (SSSR count). The van der Waals surface area contributed by atoms with Gasteiger partial charge in [0.25, 0.3) is 5.91 Å². The molecule has 1 saturated heterocycles. The van der Waals surface area contributed by atoms with E-state index in [-0.39, 0.29) is 13.0 Å². The van der Waals surface area contributed by atoms with Crippen LogP contribution in [0.1, 0.15) is 21.7 Å². The molecule has 2 N–H and O–H groups in total. The monoisotopic (exact) mass is 289 g/mol. The smallest absolute Gasteiger partial charge is 0.326 e. The average molecular weight is 290 g/mol. The van der Waals surface area contributed by atoms with Crippen LogP contribution in [0.3, 0.4) is 0 Å². The molecular weight excluding hydrogens is 278 g/mol. The number of halogens is 1. The lowest BCUT2D eigenvalue weighted by molar-refractivity contribution is -0.141. The molecule has 0 aromatic carbocycles. The molecule has 2 unspecified atom stereocenters. The van der Waals surface area contributed by atoms with Crippen LogP contribution in [0.4, 0.5) is 0 Å². The molecule has 1 aromatic rings. The number of aliphatic hydroxyl groups excluding tert-OH is 1. The van der Waals surface area contributed by atoms with Gasteiger partial charge in [0.15, 0.2) is 0 Å². The number of aliphatic carboxylic acids is 1. The fourth-order valence-electron chi connectivity index (χ4n) is 1.98. The Kier molecular flexibility index (Phi) is 3.61. The first kappa shape index (κ1) is 13.3. The van der Waals surface area contributed by atoms with Gasteiger partial charge >= 0.3 is 5.97 Å². The summed E-state index contributed by atoms with van der Waals surface area (Å²) in [5.74, 6) is -1.54. The van der Waals surface area contributed by atoms with Crippen LogP contribution in [-0.4, -0.2) is 45.7 Å². The zero-order valence-electron chi connectivity index (χ0n) is 9.59. The van der Waals surface area contributed by atoms with Gasteiger partial charge in [0.2, 0.25) is 0 Å². The van der Waals surface area contributed by atoms with Crippen LogP contribution in [-0.2, 0) is 4.79 Å². The SMILES string of the molecule is Cc1csc(C(=O)N2CC(O)CC2C(=O)O)c1Cl. The Balaban J connectivity index is 2.28. The van der Waals surface area contributed by atoms with Crippen molar-refractivity contribution in [3.8, 4) is 0 Å². The van der Waals surface area contributed by atoms with E-state index >= 15 is 0 Å². The Hall–Kier alpha value is -1.11. The van der Waals surface area contributed by atoms with Crippen LogP contribution < -0.4 is 0 Å². The summed E-state index contributed by atoms with van der Waals surface area (Å²) in [6, 6.07) is -0.981. The second-order valence-electron chi connectivity index (χ2n) is 4.26. The lowest BCUT2D eigenvalue weighted by atomic mass is 10.2. The van der Waals surface area contributed by atoms with Gasteiger partial charge in [0, 0.05) is 13.0 Å². The summed E-state index contributed by atoms with van der Waals surface area (Å²) in [5.41, 5.74) is 0.789. The first-order valence-electron chi connectivity index (χ1n) is 5.37. The minimum Gasteiger partial charge on any atom is -0.480 e. The van der Waals surface area contributed by atoms with Gasteiger partial charge in [-0.15, -0.1) is 11.3 Å². The van der Waals surface area contributed by atoms with Crippen molar-refractivity contribution >= 4 is 34.8 Å². The van der Waals surface area contributed by atoms with E-state index in [1.165, 1.54) is 16.2 Å². The van der Waals surface area contributed by atoms with E-state index in [2.05, 4.69) is 0 Å². The van der Waals surface area contributed by atoms with E-state index in [1.54, 1.807) is 12.3 Å². The van der Waals surface area contributed by atoms with E-state index in [0.717, 1.165) is 5.56 Å². The van der Waals surface area contributed by atoms with Gasteiger partial charge < -0.3 is 15.1 Å². The minimum atomic E-state index is -1.11. The summed E-state index contributed by atoms with van der Waals surface area (Å²) in [6.45, 7) is 1.81. The zero-order valence-corrected chi connectivity index (χ0v) is 11.2. The molecule has 0 radical (unpaired) electrons. The van der Waals surface area contributed by atoms with Crippen LogP contribution in [0.15, 0.2) is 5.38 Å². The molecule has 1 fully saturated rings. The summed E-state index contributed by atoms with van der Waals surface area (Å²) in [7, 11) is 0. The van der Waals surface area contributed by atoms with Crippen molar-refractivity contribution in [2.24, 2.45) is 0 Å². The topological polar surface area (TPSA) is 77.8 Å². The summed E-state index contributed by atoms with van der Waals surface area (Å²) in [6.07, 6.45) is -0.738. The second-order valence-corrected chi connectivity index (χ2v) is 5.52. The Morgan fingerprint density at radius 2 is 2.22 bits per heavy atom. The largest absolute Gasteiger partial charge is 0.480 e. The van der Waals surface area contributed by atoms with Crippen LogP contribution in [0.5, 0.6) is 0 Å². The molecule has 98 valence electrons. The Morgan fingerprint density at radius 1 is 1.56 bits per heavy atom. The predicted molar refractivity (Wildman–Crippen MR) is 67.2 cm³/mol. The number of hydrogen-bond acceptors (Lipinski definition) is 4. The molecule has 0 spiro atoms. The molecule has 1 amide bonds. The quantitative estimate of drug-likeness (QED) is 0.862. The van der Waals surface area contributed by atoms with Crippen molar-refractivity contribution in [1.82, 2.24) is 4.90 Å². The number of thiophene rings is 1. The molecular formula is C11H12ClNO4S. The third-order valence-electron chi connectivity index (χ3n) is 2.92. The molecule has 2 heterocycles. The number of carboxylic acids is 1. The summed E-state index contributed by atoms with van der Waals surface area (Å²) in [5, 5.41) is 20.6. The lowest BCUT2D eigenvalue weighted by Gasteiger charge is -2.20. The first-order chi connectivity index (χ1) is 8.41. The van der Waals surface area contributed by atoms with Gasteiger partial charge in [-0.2, -0.15) is 0 Å². The molecule has 2 atom stereocenters. The van der Waals surface area contributed by atoms with Crippen molar-refractivity contribution < 1.29 is 19.8 Å². The highest BCUT2D eigenvalue weighted by Crippen LogP contribution is 2.30. The van der Waals surface area contributed by atoms with Crippen molar-refractivity contribution in [1.29, 1.82) is 0 Å². The van der Waals surface area contributed by atoms with Crippen molar-refractivity contribution in [3.63, 3.8) is 0 Å². The predicted octanol–water partition coefficient (Wildman–Crippen LogP) is 1.37. The second kappa shape index (κ2) is 4.87. The maximum Gasteiger partial charge on any atom is 0.326 e. The highest BCUT2D eigenvalue weighted by atomic mass is 35.5. The van der Waals surface area contributed by atoms with E-state index < -0.39 is 24.0 Å². The average Bonchev–Trinajstić information content (AvgIpc) is 2.84. The van der Waals surface area contributed by atoms with Gasteiger partial charge in [0.05, 0.1) is 11.1 Å². The van der Waals surface area contributed by atoms with Crippen LogP contribution in [0.25, 0.3) is 0 Å². The summed E-state index contributed by atoms with van der Waals surface area (Å²) in [4.78, 5) is 24.8. The number of aryl methyl sites for hydroxylation is 1. The van der Waals surface area contributed by atoms with E-state index in [4.69, 9.17) is 16.7 Å². The highest BCUT2D eigenvalue weighted by Gasteiger charge is 2.40. The molecule has 5 nitrogen and oxygen atoms in total. The maximum atomic E-state index is 12.2. The van der Waals surface area contributed by atoms with Gasteiger partial charge in [0.1, 0.15) is 10.9 Å². The van der Waals surface area contributed by atoms with Crippen molar-refractivity contribution in [2.75, 3.05) is 6.54 Å². The number of nitrogens with zero attached hydrogens (tertiary/aromatic N) is 1. The number of aliphatic hydroxyl groups is 1. The lowest BCUT2D eigenvalue weighted by Crippen LogP contribution is -2.40. The van der Waals surface area contributed by atoms with Crippen molar-refractivity contribution in [2.45, 2.75) is 25.5 Å². The van der Waals surface area contributed by atoms with Crippen LogP contribution in [0.2, 0.25) is 5.02 Å². The third kappa shape index (κ3) is 2.23. The number of hydrogen-bond donors (Lipinski definition) is 2. The van der Waals surface area contributed by atoms with Gasteiger partial charge in [-0.3, -0.25) is 4.79 Å². The fraction of sp³-hybridized carbons (Fsp3) is 0.455. The zero-order chi connectivity index (χ0) is 13.4. The molecule has 0 saturated carbocycles. The van der Waals surface area contributed by atoms with Gasteiger partial charge in [-0.1, -0.05) is 11.6 Å². The van der Waals surface area contributed by atoms with Crippen LogP contribution in [0, 0.1) is 6.92 Å². The number of carboxylic acid groups (broad SMARTS) is 1. The molecule has 1 aromatic heterocycles. The van der Waals surface area contributed by atoms with Crippen molar-refractivity contribution in [3.05, 3.63) is 20.8 Å². The number of likely N-dealkylation sites (tertiary alicyclic amines) is 1. The molecule has 0 bridgehead atoms. The number of rotatable bonds is 2. The van der Waals surface area contributed by atoms with E-state index in [1.807, 2.05) is 0 Å². The molecule has 18 heavy (non-hydrogen) atoms. The number of carbonyl (C=O) groups excluding carboxylic acids is 1. The van der Waals surface area contributed by atoms with Crippen LogP contribution >= 0.6 is 22.9 Å². The molecule has 7 heteroatoms. The minimum absolute atomic E-state index is 0.0308. The fourth-order valence-corrected chi connectivity index (χ4v) is 3.21. The van der Waals surface area contributed by atoms with Gasteiger partial charge in [-0.05, 0) is 17.9 Å². The Morgan fingerprint density at radius 3 is 2.72 bits per heavy atom. The highest BCUT2D eigenvalue weighted by molar-refractivity contribution is 7.13. The number of amides is 1. The maximum absolute atomic E-state index is 12.2. The Bertz CT molecular complexity index is 501. The Labute approximate surface area is 113 Å². The standard InChI is InChI=1S/C11H12ClNO4S/c1-5-4-18-9(8(5)12)10(15)13-3-6(14)2-7(13)11(16)17/h4,6-7,14H,2-3H2,1H3,(H,16,17). The van der Waals surface area contributed by atoms with Gasteiger partial charge in [-0.25, -0.2) is 4.79 Å². The first-order valence-corrected chi connectivity index (χ1v) is 6.63. The van der Waals surface area contributed by atoms with E-state index in [0.29, 0.717) is 9.90 Å². The summed E-state index contributed by atoms with van der Waals surface area (Å²) >= 11 is 7.19.